The molecule has 0 amide bonds. The van der Waals surface area contributed by atoms with Crippen LogP contribution in [0.3, 0.4) is 0 Å². The third kappa shape index (κ3) is 3.67. The van der Waals surface area contributed by atoms with E-state index in [-0.39, 0.29) is 17.8 Å². The van der Waals surface area contributed by atoms with Gasteiger partial charge < -0.3 is 15.5 Å². The van der Waals surface area contributed by atoms with Gasteiger partial charge in [-0.25, -0.2) is 0 Å². The molecule has 0 aliphatic heterocycles. The maximum Gasteiger partial charge on any atom is 0.138 e. The molecule has 0 bridgehead atoms. The molecule has 0 radical (unpaired) electrons. The SMILES string of the molecule is CC(C)(CO)CNCc1cccc(Cl)c1O. The zero-order valence-corrected chi connectivity index (χ0v) is 10.4. The fourth-order valence-electron chi connectivity index (χ4n) is 1.29. The van der Waals surface area contributed by atoms with Crippen molar-refractivity contribution in [2.24, 2.45) is 5.41 Å². The number of phenolic OH excluding ortho intramolecular Hbond substituents is 1. The molecule has 0 aromatic heterocycles. The minimum atomic E-state index is -0.159. The van der Waals surface area contributed by atoms with Crippen LogP contribution in [0.2, 0.25) is 5.02 Å². The molecule has 0 atom stereocenters. The lowest BCUT2D eigenvalue weighted by Gasteiger charge is -2.22. The summed E-state index contributed by atoms with van der Waals surface area (Å²) >= 11 is 5.79. The van der Waals surface area contributed by atoms with Gasteiger partial charge in [-0.1, -0.05) is 37.6 Å². The number of benzene rings is 1. The maximum atomic E-state index is 9.66. The van der Waals surface area contributed by atoms with Crippen LogP contribution in [0.15, 0.2) is 18.2 Å². The summed E-state index contributed by atoms with van der Waals surface area (Å²) in [6.45, 7) is 5.28. The number of hydrogen-bond donors (Lipinski definition) is 3. The molecule has 0 saturated carbocycles. The quantitative estimate of drug-likeness (QED) is 0.743. The van der Waals surface area contributed by atoms with Gasteiger partial charge in [0.25, 0.3) is 0 Å². The molecule has 1 rings (SSSR count). The lowest BCUT2D eigenvalue weighted by atomic mass is 9.95. The average Bonchev–Trinajstić information content (AvgIpc) is 2.24. The summed E-state index contributed by atoms with van der Waals surface area (Å²) in [6, 6.07) is 5.27. The fourth-order valence-corrected chi connectivity index (χ4v) is 1.49. The van der Waals surface area contributed by atoms with E-state index >= 15 is 0 Å². The summed E-state index contributed by atoms with van der Waals surface area (Å²) in [4.78, 5) is 0. The number of para-hydroxylation sites is 1. The largest absolute Gasteiger partial charge is 0.506 e. The Morgan fingerprint density at radius 3 is 2.69 bits per heavy atom. The molecular weight excluding hydrogens is 226 g/mol. The highest BCUT2D eigenvalue weighted by atomic mass is 35.5. The molecule has 1 aromatic carbocycles. The normalized spacial score (nSPS) is 11.8. The highest BCUT2D eigenvalue weighted by Gasteiger charge is 2.15. The van der Waals surface area contributed by atoms with E-state index in [1.54, 1.807) is 12.1 Å². The molecule has 90 valence electrons. The second kappa shape index (κ2) is 5.53. The van der Waals surface area contributed by atoms with Crippen LogP contribution in [0, 0.1) is 5.41 Å². The van der Waals surface area contributed by atoms with Gasteiger partial charge in [-0.05, 0) is 6.07 Å². The number of hydrogen-bond acceptors (Lipinski definition) is 3. The predicted octanol–water partition coefficient (Wildman–Crippen LogP) is 2.15. The Bertz CT molecular complexity index is 353. The van der Waals surface area contributed by atoms with Crippen molar-refractivity contribution >= 4 is 11.6 Å². The summed E-state index contributed by atoms with van der Waals surface area (Å²) in [5, 5.41) is 22.3. The number of rotatable bonds is 5. The van der Waals surface area contributed by atoms with Crippen molar-refractivity contribution in [1.29, 1.82) is 0 Å². The number of aromatic hydroxyl groups is 1. The standard InChI is InChI=1S/C12H18ClNO2/c1-12(2,8-15)7-14-6-9-4-3-5-10(13)11(9)16/h3-5,14-16H,6-8H2,1-2H3. The molecule has 0 saturated heterocycles. The second-order valence-corrected chi connectivity index (χ2v) is 5.08. The van der Waals surface area contributed by atoms with E-state index in [0.717, 1.165) is 5.56 Å². The van der Waals surface area contributed by atoms with Crippen LogP contribution in [0.25, 0.3) is 0 Å². The topological polar surface area (TPSA) is 52.5 Å². The van der Waals surface area contributed by atoms with Gasteiger partial charge in [0.2, 0.25) is 0 Å². The number of phenols is 1. The minimum absolute atomic E-state index is 0.124. The van der Waals surface area contributed by atoms with Gasteiger partial charge >= 0.3 is 0 Å². The van der Waals surface area contributed by atoms with E-state index in [9.17, 15) is 5.11 Å². The first-order chi connectivity index (χ1) is 7.46. The second-order valence-electron chi connectivity index (χ2n) is 4.67. The van der Waals surface area contributed by atoms with Crippen LogP contribution in [-0.4, -0.2) is 23.4 Å². The summed E-state index contributed by atoms with van der Waals surface area (Å²) in [5.41, 5.74) is 0.606. The Balaban J connectivity index is 2.53. The molecule has 4 heteroatoms. The maximum absolute atomic E-state index is 9.66. The summed E-state index contributed by atoms with van der Waals surface area (Å²) < 4.78 is 0. The highest BCUT2D eigenvalue weighted by molar-refractivity contribution is 6.32. The first kappa shape index (κ1) is 13.3. The summed E-state index contributed by atoms with van der Waals surface area (Å²) in [5.74, 6) is 0.124. The van der Waals surface area contributed by atoms with E-state index in [2.05, 4.69) is 5.32 Å². The molecule has 1 aromatic rings. The van der Waals surface area contributed by atoms with E-state index in [0.29, 0.717) is 18.1 Å². The highest BCUT2D eigenvalue weighted by Crippen LogP contribution is 2.26. The van der Waals surface area contributed by atoms with Gasteiger partial charge in [0.1, 0.15) is 5.75 Å². The minimum Gasteiger partial charge on any atom is -0.506 e. The Labute approximate surface area is 101 Å². The van der Waals surface area contributed by atoms with Gasteiger partial charge in [0.05, 0.1) is 5.02 Å². The molecule has 16 heavy (non-hydrogen) atoms. The Morgan fingerprint density at radius 2 is 2.06 bits per heavy atom. The van der Waals surface area contributed by atoms with Crippen molar-refractivity contribution in [3.63, 3.8) is 0 Å². The number of halogens is 1. The lowest BCUT2D eigenvalue weighted by Crippen LogP contribution is -2.31. The van der Waals surface area contributed by atoms with E-state index in [4.69, 9.17) is 16.7 Å². The summed E-state index contributed by atoms with van der Waals surface area (Å²) in [7, 11) is 0. The predicted molar refractivity (Wildman–Crippen MR) is 65.7 cm³/mol. The first-order valence-corrected chi connectivity index (χ1v) is 5.62. The fraction of sp³-hybridized carbons (Fsp3) is 0.500. The van der Waals surface area contributed by atoms with Gasteiger partial charge in [-0.15, -0.1) is 0 Å². The van der Waals surface area contributed by atoms with E-state index in [1.807, 2.05) is 19.9 Å². The van der Waals surface area contributed by atoms with Gasteiger partial charge in [0.15, 0.2) is 0 Å². The molecular formula is C12H18ClNO2. The number of aliphatic hydroxyl groups is 1. The van der Waals surface area contributed by atoms with Crippen LogP contribution in [0.5, 0.6) is 5.75 Å². The van der Waals surface area contributed by atoms with Crippen molar-refractivity contribution in [3.8, 4) is 5.75 Å². The number of nitrogens with one attached hydrogen (secondary N) is 1. The van der Waals surface area contributed by atoms with E-state index < -0.39 is 0 Å². The van der Waals surface area contributed by atoms with Gasteiger partial charge in [0, 0.05) is 30.7 Å². The Kier molecular flexibility index (Phi) is 4.59. The van der Waals surface area contributed by atoms with Crippen LogP contribution >= 0.6 is 11.6 Å². The average molecular weight is 244 g/mol. The van der Waals surface area contributed by atoms with Crippen molar-refractivity contribution < 1.29 is 10.2 Å². The molecule has 0 spiro atoms. The molecule has 3 N–H and O–H groups in total. The third-order valence-corrected chi connectivity index (χ3v) is 2.72. The number of aliphatic hydroxyl groups excluding tert-OH is 1. The molecule has 0 heterocycles. The Morgan fingerprint density at radius 1 is 1.38 bits per heavy atom. The van der Waals surface area contributed by atoms with E-state index in [1.165, 1.54) is 0 Å². The van der Waals surface area contributed by atoms with Crippen LogP contribution < -0.4 is 5.32 Å². The molecule has 3 nitrogen and oxygen atoms in total. The molecule has 0 fully saturated rings. The van der Waals surface area contributed by atoms with Crippen molar-refractivity contribution in [1.82, 2.24) is 5.32 Å². The third-order valence-electron chi connectivity index (χ3n) is 2.42. The molecule has 0 unspecified atom stereocenters. The smallest absolute Gasteiger partial charge is 0.138 e. The lowest BCUT2D eigenvalue weighted by molar-refractivity contribution is 0.156. The van der Waals surface area contributed by atoms with Gasteiger partial charge in [-0.3, -0.25) is 0 Å². The van der Waals surface area contributed by atoms with Crippen molar-refractivity contribution in [2.45, 2.75) is 20.4 Å². The monoisotopic (exact) mass is 243 g/mol. The molecule has 0 aliphatic carbocycles. The van der Waals surface area contributed by atoms with Gasteiger partial charge in [-0.2, -0.15) is 0 Å². The zero-order valence-electron chi connectivity index (χ0n) is 9.63. The van der Waals surface area contributed by atoms with Crippen LogP contribution in [0.1, 0.15) is 19.4 Å². The Hall–Kier alpha value is -0.770. The van der Waals surface area contributed by atoms with Crippen LogP contribution in [0.4, 0.5) is 0 Å². The summed E-state index contributed by atoms with van der Waals surface area (Å²) in [6.07, 6.45) is 0. The van der Waals surface area contributed by atoms with Crippen molar-refractivity contribution in [3.05, 3.63) is 28.8 Å². The van der Waals surface area contributed by atoms with Crippen molar-refractivity contribution in [2.75, 3.05) is 13.2 Å². The molecule has 0 aliphatic rings. The first-order valence-electron chi connectivity index (χ1n) is 5.24. The zero-order chi connectivity index (χ0) is 12.2. The van der Waals surface area contributed by atoms with Crippen LogP contribution in [-0.2, 0) is 6.54 Å².